The van der Waals surface area contributed by atoms with Gasteiger partial charge in [0.25, 0.3) is 5.89 Å². The molecule has 1 aliphatic carbocycles. The molecule has 5 rings (SSSR count). The molecule has 6 nitrogen and oxygen atoms in total. The zero-order valence-electron chi connectivity index (χ0n) is 12.3. The van der Waals surface area contributed by atoms with Crippen molar-refractivity contribution in [2.24, 2.45) is 0 Å². The van der Waals surface area contributed by atoms with Gasteiger partial charge in [0.05, 0.1) is 21.8 Å². The summed E-state index contributed by atoms with van der Waals surface area (Å²) in [5, 5.41) is 17.1. The normalized spacial score (nSPS) is 14.6. The quantitative estimate of drug-likeness (QED) is 0.550. The lowest BCUT2D eigenvalue weighted by molar-refractivity contribution is 0.507. The van der Waals surface area contributed by atoms with Crippen LogP contribution in [0.15, 0.2) is 28.9 Å². The lowest BCUT2D eigenvalue weighted by Gasteiger charge is -1.99. The average Bonchev–Trinajstić information content (AvgIpc) is 3.03. The van der Waals surface area contributed by atoms with E-state index in [1.807, 2.05) is 12.3 Å². The molecule has 1 aliphatic rings. The first kappa shape index (κ1) is 14.1. The van der Waals surface area contributed by atoms with Crippen LogP contribution in [-0.2, 0) is 0 Å². The summed E-state index contributed by atoms with van der Waals surface area (Å²) in [6.07, 6.45) is 5.76. The van der Waals surface area contributed by atoms with Gasteiger partial charge in [-0.25, -0.2) is 0 Å². The third-order valence-electron chi connectivity index (χ3n) is 4.23. The number of hydrogen-bond acceptors (Lipinski definition) is 4. The third kappa shape index (κ3) is 2.07. The second-order valence-corrected chi connectivity index (χ2v) is 6.65. The van der Waals surface area contributed by atoms with E-state index in [0.717, 1.165) is 40.6 Å². The van der Waals surface area contributed by atoms with Gasteiger partial charge in [-0.15, -0.1) is 10.2 Å². The summed E-state index contributed by atoms with van der Waals surface area (Å²) in [6.45, 7) is 0. The maximum Gasteiger partial charge on any atom is 0.264 e. The van der Waals surface area contributed by atoms with Crippen LogP contribution >= 0.6 is 23.2 Å². The Morgan fingerprint density at radius 2 is 2.04 bits per heavy atom. The SMILES string of the molecule is Clc1ccc2c(-c3cn[nH]c3)c(-c3nnc(C4CC4)o3)[nH]c2c1Cl. The van der Waals surface area contributed by atoms with Crippen LogP contribution in [0.2, 0.25) is 10.0 Å². The number of aromatic nitrogens is 5. The van der Waals surface area contributed by atoms with Gasteiger partial charge in [0.15, 0.2) is 0 Å². The highest BCUT2D eigenvalue weighted by molar-refractivity contribution is 6.45. The van der Waals surface area contributed by atoms with E-state index in [2.05, 4.69) is 25.4 Å². The van der Waals surface area contributed by atoms with E-state index in [1.54, 1.807) is 12.3 Å². The van der Waals surface area contributed by atoms with Crippen molar-refractivity contribution in [3.8, 4) is 22.7 Å². The maximum absolute atomic E-state index is 6.37. The van der Waals surface area contributed by atoms with Crippen LogP contribution in [0.5, 0.6) is 0 Å². The summed E-state index contributed by atoms with van der Waals surface area (Å²) >= 11 is 12.5. The van der Waals surface area contributed by atoms with Crippen molar-refractivity contribution in [2.75, 3.05) is 0 Å². The highest BCUT2D eigenvalue weighted by atomic mass is 35.5. The Bertz CT molecular complexity index is 1050. The van der Waals surface area contributed by atoms with E-state index in [0.29, 0.717) is 27.7 Å². The zero-order valence-corrected chi connectivity index (χ0v) is 13.8. The predicted molar refractivity (Wildman–Crippen MR) is 91.2 cm³/mol. The third-order valence-corrected chi connectivity index (χ3v) is 5.04. The number of benzene rings is 1. The molecule has 2 N–H and O–H groups in total. The summed E-state index contributed by atoms with van der Waals surface area (Å²) in [7, 11) is 0. The van der Waals surface area contributed by atoms with E-state index in [9.17, 15) is 0 Å². The number of aromatic amines is 2. The summed E-state index contributed by atoms with van der Waals surface area (Å²) in [4.78, 5) is 3.30. The molecular formula is C16H11Cl2N5O. The molecule has 0 bridgehead atoms. The molecule has 3 aromatic heterocycles. The van der Waals surface area contributed by atoms with E-state index in [1.165, 1.54) is 0 Å². The predicted octanol–water partition coefficient (Wildman–Crippen LogP) is 4.79. The fourth-order valence-electron chi connectivity index (χ4n) is 2.88. The maximum atomic E-state index is 6.37. The minimum atomic E-state index is 0.394. The van der Waals surface area contributed by atoms with E-state index in [-0.39, 0.29) is 0 Å². The van der Waals surface area contributed by atoms with Gasteiger partial charge in [0, 0.05) is 28.6 Å². The van der Waals surface area contributed by atoms with Gasteiger partial charge in [-0.3, -0.25) is 5.10 Å². The molecule has 0 atom stereocenters. The van der Waals surface area contributed by atoms with Crippen LogP contribution in [0.1, 0.15) is 24.7 Å². The van der Waals surface area contributed by atoms with Crippen molar-refractivity contribution < 1.29 is 4.42 Å². The molecule has 8 heteroatoms. The number of nitrogens with one attached hydrogen (secondary N) is 2. The van der Waals surface area contributed by atoms with Crippen LogP contribution in [0.3, 0.4) is 0 Å². The Kier molecular flexibility index (Phi) is 2.98. The Morgan fingerprint density at radius 1 is 1.17 bits per heavy atom. The van der Waals surface area contributed by atoms with Gasteiger partial charge in [-0.1, -0.05) is 29.3 Å². The molecule has 0 unspecified atom stereocenters. The van der Waals surface area contributed by atoms with Gasteiger partial charge < -0.3 is 9.40 Å². The van der Waals surface area contributed by atoms with E-state index < -0.39 is 0 Å². The Balaban J connectivity index is 1.79. The second kappa shape index (κ2) is 5.09. The second-order valence-electron chi connectivity index (χ2n) is 5.87. The number of nitrogens with zero attached hydrogens (tertiary/aromatic N) is 3. The fraction of sp³-hybridized carbons (Fsp3) is 0.188. The number of rotatable bonds is 3. The molecular weight excluding hydrogens is 349 g/mol. The highest BCUT2D eigenvalue weighted by Gasteiger charge is 2.30. The van der Waals surface area contributed by atoms with Gasteiger partial charge >= 0.3 is 0 Å². The molecule has 1 aromatic carbocycles. The Hall–Kier alpha value is -2.31. The minimum Gasteiger partial charge on any atom is -0.419 e. The van der Waals surface area contributed by atoms with Crippen molar-refractivity contribution in [1.82, 2.24) is 25.4 Å². The van der Waals surface area contributed by atoms with Crippen LogP contribution < -0.4 is 0 Å². The smallest absolute Gasteiger partial charge is 0.264 e. The molecule has 1 fully saturated rings. The van der Waals surface area contributed by atoms with Gasteiger partial charge in [0.2, 0.25) is 5.89 Å². The topological polar surface area (TPSA) is 83.4 Å². The minimum absolute atomic E-state index is 0.394. The number of fused-ring (bicyclic) bond motifs is 1. The van der Waals surface area contributed by atoms with E-state index >= 15 is 0 Å². The highest BCUT2D eigenvalue weighted by Crippen LogP contribution is 2.44. The monoisotopic (exact) mass is 359 g/mol. The van der Waals surface area contributed by atoms with Crippen molar-refractivity contribution in [3.05, 3.63) is 40.5 Å². The van der Waals surface area contributed by atoms with Crippen molar-refractivity contribution in [2.45, 2.75) is 18.8 Å². The molecule has 3 heterocycles. The summed E-state index contributed by atoms with van der Waals surface area (Å²) < 4.78 is 5.87. The fourth-order valence-corrected chi connectivity index (χ4v) is 3.25. The van der Waals surface area contributed by atoms with Crippen molar-refractivity contribution in [3.63, 3.8) is 0 Å². The van der Waals surface area contributed by atoms with Crippen LogP contribution in [0.4, 0.5) is 0 Å². The first-order chi connectivity index (χ1) is 11.7. The summed E-state index contributed by atoms with van der Waals surface area (Å²) in [5.41, 5.74) is 3.26. The number of halogens is 2. The molecule has 0 spiro atoms. The lowest BCUT2D eigenvalue weighted by Crippen LogP contribution is -1.81. The van der Waals surface area contributed by atoms with Gasteiger partial charge in [0.1, 0.15) is 5.69 Å². The van der Waals surface area contributed by atoms with Crippen LogP contribution in [0.25, 0.3) is 33.6 Å². The molecule has 0 saturated heterocycles. The standard InChI is InChI=1S/C16H11Cl2N5O/c17-10-4-3-9-11(8-5-19-20-6-8)14(21-13(9)12(10)18)16-23-22-15(24-16)7-1-2-7/h3-7,21H,1-2H2,(H,19,20). The summed E-state index contributed by atoms with van der Waals surface area (Å²) in [6, 6.07) is 3.70. The lowest BCUT2D eigenvalue weighted by atomic mass is 10.1. The van der Waals surface area contributed by atoms with Gasteiger partial charge in [-0.05, 0) is 18.9 Å². The Labute approximate surface area is 146 Å². The summed E-state index contributed by atoms with van der Waals surface area (Å²) in [5.74, 6) is 1.52. The van der Waals surface area contributed by atoms with Crippen LogP contribution in [-0.4, -0.2) is 25.4 Å². The first-order valence-electron chi connectivity index (χ1n) is 7.55. The molecule has 0 aliphatic heterocycles. The molecule has 4 aromatic rings. The molecule has 0 amide bonds. The van der Waals surface area contributed by atoms with Crippen molar-refractivity contribution >= 4 is 34.1 Å². The zero-order chi connectivity index (χ0) is 16.3. The van der Waals surface area contributed by atoms with Crippen LogP contribution in [0, 0.1) is 0 Å². The van der Waals surface area contributed by atoms with Gasteiger partial charge in [-0.2, -0.15) is 5.10 Å². The molecule has 24 heavy (non-hydrogen) atoms. The Morgan fingerprint density at radius 3 is 2.79 bits per heavy atom. The number of hydrogen-bond donors (Lipinski definition) is 2. The van der Waals surface area contributed by atoms with Crippen molar-refractivity contribution in [1.29, 1.82) is 0 Å². The first-order valence-corrected chi connectivity index (χ1v) is 8.30. The molecule has 120 valence electrons. The largest absolute Gasteiger partial charge is 0.419 e. The molecule has 0 radical (unpaired) electrons. The molecule has 1 saturated carbocycles. The average molecular weight is 360 g/mol. The van der Waals surface area contributed by atoms with E-state index in [4.69, 9.17) is 27.6 Å². The number of H-pyrrole nitrogens is 2.